The van der Waals surface area contributed by atoms with Crippen LogP contribution in [0.4, 0.5) is 34.1 Å². The molecule has 1 heterocycles. The number of furan rings is 1. The predicted molar refractivity (Wildman–Crippen MR) is 288 cm³/mol. The normalized spacial score (nSPS) is 11.5. The van der Waals surface area contributed by atoms with Crippen molar-refractivity contribution >= 4 is 77.6 Å². The quantitative estimate of drug-likeness (QED) is 0.136. The van der Waals surface area contributed by atoms with Gasteiger partial charge in [-0.3, -0.25) is 0 Å². The standard InChI is InChI=1S/C65H48N2O/c1-44(2)45-29-31-48(32-30-45)59-26-13-14-27-62(59)66(54-22-10-5-11-23-54)56-35-33-50-40-60-61-41-51-34-36-57(39-53(51)43-65(61)68-64(60)42-52(50)38-56)67(55-24-16-21-49(37-55)46-17-6-3-7-18-46)63-28-15-12-25-58(63)47-19-8-4-9-20-47/h3-44H,1-2H3. The van der Waals surface area contributed by atoms with Crippen LogP contribution in [0.25, 0.3) is 76.9 Å². The lowest BCUT2D eigenvalue weighted by Gasteiger charge is -2.28. The molecule has 3 nitrogen and oxygen atoms in total. The third-order valence-electron chi connectivity index (χ3n) is 13.4. The molecule has 0 bridgehead atoms. The molecule has 11 aromatic carbocycles. The molecule has 12 aromatic rings. The molecule has 0 aliphatic heterocycles. The maximum atomic E-state index is 6.83. The van der Waals surface area contributed by atoms with Crippen LogP contribution in [-0.4, -0.2) is 0 Å². The van der Waals surface area contributed by atoms with Gasteiger partial charge in [0.1, 0.15) is 11.2 Å². The first kappa shape index (κ1) is 40.8. The minimum absolute atomic E-state index is 0.475. The summed E-state index contributed by atoms with van der Waals surface area (Å²) >= 11 is 0. The van der Waals surface area contributed by atoms with Crippen molar-refractivity contribution in [3.63, 3.8) is 0 Å². The monoisotopic (exact) mass is 872 g/mol. The van der Waals surface area contributed by atoms with Crippen LogP contribution >= 0.6 is 0 Å². The summed E-state index contributed by atoms with van der Waals surface area (Å²) in [5, 5.41) is 6.76. The molecule has 0 N–H and O–H groups in total. The fourth-order valence-corrected chi connectivity index (χ4v) is 9.89. The number of fused-ring (bicyclic) bond motifs is 5. The van der Waals surface area contributed by atoms with Crippen molar-refractivity contribution in [1.29, 1.82) is 0 Å². The first-order valence-corrected chi connectivity index (χ1v) is 23.5. The van der Waals surface area contributed by atoms with E-state index < -0.39 is 0 Å². The van der Waals surface area contributed by atoms with Gasteiger partial charge in [0.25, 0.3) is 0 Å². The highest BCUT2D eigenvalue weighted by molar-refractivity contribution is 6.14. The highest BCUT2D eigenvalue weighted by atomic mass is 16.3. The molecule has 0 unspecified atom stereocenters. The minimum Gasteiger partial charge on any atom is -0.456 e. The summed E-state index contributed by atoms with van der Waals surface area (Å²) in [4.78, 5) is 4.76. The van der Waals surface area contributed by atoms with Crippen LogP contribution < -0.4 is 9.80 Å². The molecule has 0 spiro atoms. The van der Waals surface area contributed by atoms with Gasteiger partial charge in [-0.1, -0.05) is 178 Å². The van der Waals surface area contributed by atoms with E-state index in [4.69, 9.17) is 4.42 Å². The van der Waals surface area contributed by atoms with E-state index in [2.05, 4.69) is 272 Å². The van der Waals surface area contributed by atoms with Gasteiger partial charge < -0.3 is 14.2 Å². The SMILES string of the molecule is CC(C)c1ccc(-c2ccccc2N(c2ccccc2)c2ccc3cc4c(cc3c2)oc2cc3cc(N(c5cccc(-c6ccccc6)c5)c5ccccc5-c5ccccc5)ccc3cc24)cc1. The Morgan fingerprint density at radius 2 is 0.750 bits per heavy atom. The number of nitrogens with zero attached hydrogens (tertiary/aromatic N) is 2. The van der Waals surface area contributed by atoms with Crippen LogP contribution in [0, 0.1) is 0 Å². The van der Waals surface area contributed by atoms with Crippen molar-refractivity contribution < 1.29 is 4.42 Å². The van der Waals surface area contributed by atoms with Gasteiger partial charge in [-0.05, 0) is 140 Å². The average Bonchev–Trinajstić information content (AvgIpc) is 3.74. The third-order valence-corrected chi connectivity index (χ3v) is 13.4. The summed E-state index contributed by atoms with van der Waals surface area (Å²) in [5.74, 6) is 0.475. The highest BCUT2D eigenvalue weighted by Crippen LogP contribution is 2.45. The number of benzene rings is 11. The molecule has 0 saturated carbocycles. The van der Waals surface area contributed by atoms with Gasteiger partial charge in [0, 0.05) is 44.6 Å². The van der Waals surface area contributed by atoms with Crippen molar-refractivity contribution in [3.05, 3.63) is 254 Å². The second-order valence-electron chi connectivity index (χ2n) is 18.0. The Labute approximate surface area is 397 Å². The van der Waals surface area contributed by atoms with Gasteiger partial charge in [0.05, 0.1) is 11.4 Å². The van der Waals surface area contributed by atoms with Crippen molar-refractivity contribution in [2.45, 2.75) is 19.8 Å². The fraction of sp³-hybridized carbons (Fsp3) is 0.0462. The molecule has 0 atom stereocenters. The van der Waals surface area contributed by atoms with Gasteiger partial charge in [0.15, 0.2) is 0 Å². The first-order valence-electron chi connectivity index (χ1n) is 23.5. The van der Waals surface area contributed by atoms with Crippen molar-refractivity contribution in [2.75, 3.05) is 9.80 Å². The summed E-state index contributed by atoms with van der Waals surface area (Å²) < 4.78 is 6.83. The second-order valence-corrected chi connectivity index (χ2v) is 18.0. The topological polar surface area (TPSA) is 19.6 Å². The summed E-state index contributed by atoms with van der Waals surface area (Å²) in [6.07, 6.45) is 0. The smallest absolute Gasteiger partial charge is 0.136 e. The molecule has 0 fully saturated rings. The molecular weight excluding hydrogens is 825 g/mol. The summed E-state index contributed by atoms with van der Waals surface area (Å²) in [5.41, 5.74) is 16.7. The van der Waals surface area contributed by atoms with E-state index in [1.807, 2.05) is 0 Å². The third kappa shape index (κ3) is 7.54. The lowest BCUT2D eigenvalue weighted by atomic mass is 9.97. The molecular formula is C65H48N2O. The first-order chi connectivity index (χ1) is 33.5. The number of hydrogen-bond donors (Lipinski definition) is 0. The maximum Gasteiger partial charge on any atom is 0.136 e. The fourth-order valence-electron chi connectivity index (χ4n) is 9.89. The number of para-hydroxylation sites is 3. The van der Waals surface area contributed by atoms with Crippen LogP contribution in [0.5, 0.6) is 0 Å². The zero-order valence-electron chi connectivity index (χ0n) is 38.1. The van der Waals surface area contributed by atoms with E-state index in [1.54, 1.807) is 0 Å². The van der Waals surface area contributed by atoms with E-state index in [0.717, 1.165) is 83.2 Å². The summed E-state index contributed by atoms with van der Waals surface area (Å²) in [7, 11) is 0. The van der Waals surface area contributed by atoms with E-state index in [-0.39, 0.29) is 0 Å². The van der Waals surface area contributed by atoms with Crippen molar-refractivity contribution in [2.24, 2.45) is 0 Å². The molecule has 0 aliphatic carbocycles. The van der Waals surface area contributed by atoms with E-state index >= 15 is 0 Å². The lowest BCUT2D eigenvalue weighted by Crippen LogP contribution is -2.11. The summed E-state index contributed by atoms with van der Waals surface area (Å²) in [6.45, 7) is 4.48. The molecule has 324 valence electrons. The van der Waals surface area contributed by atoms with Crippen LogP contribution in [-0.2, 0) is 0 Å². The molecule has 3 heteroatoms. The Morgan fingerprint density at radius 3 is 1.31 bits per heavy atom. The Kier molecular flexibility index (Phi) is 10.4. The largest absolute Gasteiger partial charge is 0.456 e. The van der Waals surface area contributed by atoms with Gasteiger partial charge in [-0.2, -0.15) is 0 Å². The predicted octanol–water partition coefficient (Wildman–Crippen LogP) is 19.0. The van der Waals surface area contributed by atoms with Crippen LogP contribution in [0.15, 0.2) is 253 Å². The van der Waals surface area contributed by atoms with Crippen molar-refractivity contribution in [3.8, 4) is 33.4 Å². The van der Waals surface area contributed by atoms with Crippen LogP contribution in [0.2, 0.25) is 0 Å². The lowest BCUT2D eigenvalue weighted by molar-refractivity contribution is 0.670. The maximum absolute atomic E-state index is 6.83. The van der Waals surface area contributed by atoms with Gasteiger partial charge in [-0.25, -0.2) is 0 Å². The van der Waals surface area contributed by atoms with Crippen LogP contribution in [0.3, 0.4) is 0 Å². The van der Waals surface area contributed by atoms with E-state index in [0.29, 0.717) is 5.92 Å². The zero-order valence-corrected chi connectivity index (χ0v) is 38.1. The van der Waals surface area contributed by atoms with Gasteiger partial charge >= 0.3 is 0 Å². The average molecular weight is 873 g/mol. The molecule has 68 heavy (non-hydrogen) atoms. The number of rotatable bonds is 10. The Balaban J connectivity index is 0.965. The van der Waals surface area contributed by atoms with Crippen molar-refractivity contribution in [1.82, 2.24) is 0 Å². The minimum atomic E-state index is 0.475. The number of anilines is 6. The zero-order chi connectivity index (χ0) is 45.6. The summed E-state index contributed by atoms with van der Waals surface area (Å²) in [6, 6.07) is 89.8. The molecule has 1 aromatic heterocycles. The van der Waals surface area contributed by atoms with Gasteiger partial charge in [-0.15, -0.1) is 0 Å². The Morgan fingerprint density at radius 1 is 0.309 bits per heavy atom. The molecule has 0 amide bonds. The molecule has 12 rings (SSSR count). The molecule has 0 radical (unpaired) electrons. The molecule has 0 saturated heterocycles. The van der Waals surface area contributed by atoms with Gasteiger partial charge in [0.2, 0.25) is 0 Å². The van der Waals surface area contributed by atoms with Crippen LogP contribution in [0.1, 0.15) is 25.3 Å². The van der Waals surface area contributed by atoms with E-state index in [9.17, 15) is 0 Å². The number of hydrogen-bond acceptors (Lipinski definition) is 3. The second kappa shape index (κ2) is 17.3. The molecule has 0 aliphatic rings. The highest BCUT2D eigenvalue weighted by Gasteiger charge is 2.21. The Bertz CT molecular complexity index is 3760. The van der Waals surface area contributed by atoms with E-state index in [1.165, 1.54) is 33.4 Å². The Hall–Kier alpha value is -8.66.